The number of nitrogens with zero attached hydrogens (tertiary/aromatic N) is 2. The number of rotatable bonds is 5. The molecule has 0 aromatic carbocycles. The van der Waals surface area contributed by atoms with Crippen molar-refractivity contribution in [2.75, 3.05) is 19.5 Å². The molecule has 2 N–H and O–H groups in total. The predicted octanol–water partition coefficient (Wildman–Crippen LogP) is 5.63. The van der Waals surface area contributed by atoms with Crippen LogP contribution in [0.25, 0.3) is 0 Å². The third-order valence-electron chi connectivity index (χ3n) is 10.4. The molecule has 4 heteroatoms. The second kappa shape index (κ2) is 8.15. The van der Waals surface area contributed by atoms with E-state index in [9.17, 15) is 0 Å². The molecule has 4 aliphatic rings. The molecule has 4 fully saturated rings. The van der Waals surface area contributed by atoms with E-state index in [1.165, 1.54) is 57.8 Å². The van der Waals surface area contributed by atoms with Crippen molar-refractivity contribution in [3.8, 4) is 0 Å². The number of anilines is 1. The minimum absolute atomic E-state index is 0.530. The number of aromatic nitrogens is 2. The summed E-state index contributed by atoms with van der Waals surface area (Å²) in [6.45, 7) is 7.08. The van der Waals surface area contributed by atoms with Gasteiger partial charge in [0, 0.05) is 20.3 Å². The fourth-order valence-electron chi connectivity index (χ4n) is 9.21. The van der Waals surface area contributed by atoms with Gasteiger partial charge in [0.2, 0.25) is 0 Å². The Morgan fingerprint density at radius 3 is 2.73 bits per heavy atom. The zero-order valence-electron chi connectivity index (χ0n) is 19.4. The molecule has 30 heavy (non-hydrogen) atoms. The number of ether oxygens (including phenoxy) is 1. The Labute approximate surface area is 183 Å². The lowest BCUT2D eigenvalue weighted by atomic mass is 9.49. The molecule has 4 unspecified atom stereocenters. The standard InChI is InChI=1S/C26H43N3O/c1-17(15-29-25(27)11-13-28-29)23-8-9-24-22-7-5-19-14-18(16-30-3)4-6-20(19)21(22)10-12-26(23,24)2/h11,13,17-24H,4-10,12,14-16,27H2,1-3H3/t17-,18+,19?,20+,21?,22?,23-,24?,26-/m1/s1. The second-order valence-electron chi connectivity index (χ2n) is 11.7. The number of nitrogen functional groups attached to an aromatic ring is 1. The third-order valence-corrected chi connectivity index (χ3v) is 10.4. The summed E-state index contributed by atoms with van der Waals surface area (Å²) in [6.07, 6.45) is 15.0. The average molecular weight is 414 g/mol. The van der Waals surface area contributed by atoms with Gasteiger partial charge in [-0.1, -0.05) is 13.8 Å². The largest absolute Gasteiger partial charge is 0.384 e. The molecule has 1 aromatic heterocycles. The van der Waals surface area contributed by atoms with E-state index in [4.69, 9.17) is 10.5 Å². The monoisotopic (exact) mass is 413 g/mol. The number of hydrogen-bond donors (Lipinski definition) is 1. The van der Waals surface area contributed by atoms with Gasteiger partial charge in [0.05, 0.1) is 6.20 Å². The molecular weight excluding hydrogens is 370 g/mol. The van der Waals surface area contributed by atoms with E-state index < -0.39 is 0 Å². The first-order valence-corrected chi connectivity index (χ1v) is 12.8. The van der Waals surface area contributed by atoms with Crippen LogP contribution in [0.4, 0.5) is 5.82 Å². The van der Waals surface area contributed by atoms with Crippen molar-refractivity contribution in [2.24, 2.45) is 52.8 Å². The SMILES string of the molecule is COC[C@H]1CC[C@H]2C(CCC3C2CC[C@@]2(C)C3CC[C@@H]2[C@H](C)Cn2nccc2N)C1. The predicted molar refractivity (Wildman–Crippen MR) is 122 cm³/mol. The number of methoxy groups -OCH3 is 1. The van der Waals surface area contributed by atoms with Gasteiger partial charge in [0.15, 0.2) is 0 Å². The van der Waals surface area contributed by atoms with E-state index in [2.05, 4.69) is 18.9 Å². The Bertz CT molecular complexity index is 732. The van der Waals surface area contributed by atoms with Gasteiger partial charge in [-0.25, -0.2) is 4.68 Å². The fourth-order valence-corrected chi connectivity index (χ4v) is 9.21. The fraction of sp³-hybridized carbons (Fsp3) is 0.885. The summed E-state index contributed by atoms with van der Waals surface area (Å²) in [4.78, 5) is 0. The Hall–Kier alpha value is -1.03. The quantitative estimate of drug-likeness (QED) is 0.680. The van der Waals surface area contributed by atoms with E-state index in [0.717, 1.165) is 60.4 Å². The van der Waals surface area contributed by atoms with Crippen molar-refractivity contribution < 1.29 is 4.74 Å². The van der Waals surface area contributed by atoms with Crippen molar-refractivity contribution in [2.45, 2.75) is 78.2 Å². The Kier molecular flexibility index (Phi) is 5.66. The van der Waals surface area contributed by atoms with Crippen LogP contribution in [0, 0.1) is 52.8 Å². The van der Waals surface area contributed by atoms with Crippen molar-refractivity contribution >= 4 is 5.82 Å². The maximum absolute atomic E-state index is 6.12. The number of hydrogen-bond acceptors (Lipinski definition) is 3. The molecule has 168 valence electrons. The number of fused-ring (bicyclic) bond motifs is 5. The van der Waals surface area contributed by atoms with Crippen molar-refractivity contribution in [3.63, 3.8) is 0 Å². The molecule has 5 rings (SSSR count). The van der Waals surface area contributed by atoms with Gasteiger partial charge in [-0.2, -0.15) is 5.10 Å². The van der Waals surface area contributed by atoms with Crippen LogP contribution in [0.3, 0.4) is 0 Å². The highest BCUT2D eigenvalue weighted by Crippen LogP contribution is 2.65. The lowest BCUT2D eigenvalue weighted by molar-refractivity contribution is -0.0777. The van der Waals surface area contributed by atoms with Crippen LogP contribution in [-0.2, 0) is 11.3 Å². The first-order valence-electron chi connectivity index (χ1n) is 12.8. The van der Waals surface area contributed by atoms with Gasteiger partial charge in [-0.3, -0.25) is 0 Å². The molecule has 4 saturated carbocycles. The molecule has 0 bridgehead atoms. The maximum Gasteiger partial charge on any atom is 0.121 e. The molecule has 1 aromatic rings. The van der Waals surface area contributed by atoms with Crippen LogP contribution in [-0.4, -0.2) is 23.5 Å². The van der Waals surface area contributed by atoms with Gasteiger partial charge in [0.1, 0.15) is 5.82 Å². The van der Waals surface area contributed by atoms with Crippen molar-refractivity contribution in [3.05, 3.63) is 12.3 Å². The zero-order chi connectivity index (χ0) is 20.9. The summed E-state index contributed by atoms with van der Waals surface area (Å²) in [7, 11) is 1.88. The normalized spacial score (nSPS) is 44.2. The Morgan fingerprint density at radius 1 is 1.13 bits per heavy atom. The lowest BCUT2D eigenvalue weighted by Gasteiger charge is -2.57. The first-order chi connectivity index (χ1) is 14.5. The smallest absolute Gasteiger partial charge is 0.121 e. The van der Waals surface area contributed by atoms with Crippen LogP contribution in [0.1, 0.15) is 71.6 Å². The summed E-state index contributed by atoms with van der Waals surface area (Å²) in [5.41, 5.74) is 6.65. The molecule has 0 aliphatic heterocycles. The molecule has 0 spiro atoms. The van der Waals surface area contributed by atoms with Crippen molar-refractivity contribution in [1.82, 2.24) is 9.78 Å². The van der Waals surface area contributed by atoms with Crippen LogP contribution in [0.2, 0.25) is 0 Å². The zero-order valence-corrected chi connectivity index (χ0v) is 19.4. The molecule has 9 atom stereocenters. The minimum Gasteiger partial charge on any atom is -0.384 e. The highest BCUT2D eigenvalue weighted by molar-refractivity contribution is 5.25. The van der Waals surface area contributed by atoms with Gasteiger partial charge >= 0.3 is 0 Å². The first kappa shape index (κ1) is 20.8. The Balaban J connectivity index is 1.28. The molecule has 4 aliphatic carbocycles. The Morgan fingerprint density at radius 2 is 1.97 bits per heavy atom. The molecule has 0 radical (unpaired) electrons. The molecule has 4 nitrogen and oxygen atoms in total. The minimum atomic E-state index is 0.530. The third kappa shape index (κ3) is 3.42. The van der Waals surface area contributed by atoms with E-state index in [0.29, 0.717) is 11.3 Å². The van der Waals surface area contributed by atoms with Crippen LogP contribution in [0.5, 0.6) is 0 Å². The highest BCUT2D eigenvalue weighted by Gasteiger charge is 2.57. The molecule has 1 heterocycles. The van der Waals surface area contributed by atoms with Gasteiger partial charge in [-0.15, -0.1) is 0 Å². The van der Waals surface area contributed by atoms with Gasteiger partial charge < -0.3 is 10.5 Å². The maximum atomic E-state index is 6.12. The molecule has 0 amide bonds. The number of nitrogens with two attached hydrogens (primary N) is 1. The summed E-state index contributed by atoms with van der Waals surface area (Å²) < 4.78 is 7.53. The lowest BCUT2D eigenvalue weighted by Crippen LogP contribution is -2.49. The van der Waals surface area contributed by atoms with E-state index in [1.807, 2.05) is 24.1 Å². The van der Waals surface area contributed by atoms with Gasteiger partial charge in [-0.05, 0) is 117 Å². The topological polar surface area (TPSA) is 53.1 Å². The van der Waals surface area contributed by atoms with Gasteiger partial charge in [0.25, 0.3) is 0 Å². The van der Waals surface area contributed by atoms with Crippen LogP contribution in [0.15, 0.2) is 12.3 Å². The molecule has 0 saturated heterocycles. The van der Waals surface area contributed by atoms with E-state index in [1.54, 1.807) is 0 Å². The van der Waals surface area contributed by atoms with Crippen LogP contribution >= 0.6 is 0 Å². The summed E-state index contributed by atoms with van der Waals surface area (Å²) in [5.74, 6) is 8.08. The van der Waals surface area contributed by atoms with E-state index >= 15 is 0 Å². The summed E-state index contributed by atoms with van der Waals surface area (Å²) in [5, 5.41) is 4.47. The average Bonchev–Trinajstić information content (AvgIpc) is 3.30. The van der Waals surface area contributed by atoms with E-state index in [-0.39, 0.29) is 0 Å². The van der Waals surface area contributed by atoms with Crippen molar-refractivity contribution in [1.29, 1.82) is 0 Å². The second-order valence-corrected chi connectivity index (χ2v) is 11.7. The highest BCUT2D eigenvalue weighted by atomic mass is 16.5. The van der Waals surface area contributed by atoms with Crippen LogP contribution < -0.4 is 5.73 Å². The summed E-state index contributed by atoms with van der Waals surface area (Å²) in [6, 6.07) is 1.93. The molecular formula is C26H43N3O. The summed E-state index contributed by atoms with van der Waals surface area (Å²) >= 11 is 0.